The number of hydrogen-bond acceptors (Lipinski definition) is 1. The fourth-order valence-corrected chi connectivity index (χ4v) is 3.23. The molecule has 126 valence electrons. The first-order valence-electron chi connectivity index (χ1n) is 9.56. The number of primary amides is 1. The van der Waals surface area contributed by atoms with Crippen LogP contribution in [0.25, 0.3) is 0 Å². The van der Waals surface area contributed by atoms with Gasteiger partial charge in [0, 0.05) is 18.8 Å². The Hall–Kier alpha value is -0.970. The lowest BCUT2D eigenvalue weighted by Crippen LogP contribution is -2.23. The molecule has 0 spiro atoms. The Balaban J connectivity index is 2.29. The number of amides is 1. The third-order valence-electron chi connectivity index (χ3n) is 4.74. The first-order valence-corrected chi connectivity index (χ1v) is 9.56. The van der Waals surface area contributed by atoms with Crippen LogP contribution in [0.3, 0.4) is 0 Å². The van der Waals surface area contributed by atoms with Crippen molar-refractivity contribution in [2.24, 2.45) is 11.7 Å². The molecule has 0 aromatic carbocycles. The molecule has 1 amide bonds. The molecule has 0 radical (unpaired) electrons. The van der Waals surface area contributed by atoms with E-state index in [-0.39, 0.29) is 11.8 Å². The summed E-state index contributed by atoms with van der Waals surface area (Å²) in [5, 5.41) is 0. The van der Waals surface area contributed by atoms with Crippen LogP contribution in [0.2, 0.25) is 0 Å². The normalized spacial score (nSPS) is 24.1. The van der Waals surface area contributed by atoms with Crippen molar-refractivity contribution in [3.05, 3.63) is 0 Å². The van der Waals surface area contributed by atoms with Crippen molar-refractivity contribution in [3.63, 3.8) is 0 Å². The zero-order valence-electron chi connectivity index (χ0n) is 14.4. The summed E-state index contributed by atoms with van der Waals surface area (Å²) in [6.07, 6.45) is 19.3. The zero-order valence-corrected chi connectivity index (χ0v) is 14.4. The minimum atomic E-state index is -0.0863. The first-order chi connectivity index (χ1) is 10.8. The van der Waals surface area contributed by atoms with Gasteiger partial charge in [-0.1, -0.05) is 64.2 Å². The minimum Gasteiger partial charge on any atom is -0.369 e. The molecule has 1 aliphatic rings. The Labute approximate surface area is 137 Å². The molecule has 2 heteroatoms. The molecule has 0 aromatic rings. The first kappa shape index (κ1) is 19.1. The second-order valence-electron chi connectivity index (χ2n) is 6.77. The maximum absolute atomic E-state index is 11.5. The zero-order chi connectivity index (χ0) is 15.9. The van der Waals surface area contributed by atoms with Crippen molar-refractivity contribution in [2.75, 3.05) is 0 Å². The van der Waals surface area contributed by atoms with Crippen LogP contribution in [-0.4, -0.2) is 5.91 Å². The van der Waals surface area contributed by atoms with Gasteiger partial charge in [-0.25, -0.2) is 0 Å². The van der Waals surface area contributed by atoms with Gasteiger partial charge in [0.25, 0.3) is 0 Å². The standard InChI is InChI=1S/C20H35NO/c21-20(22)19-17-15-13-11-9-7-5-3-1-2-4-6-8-10-12-14-16-18-19/h19H,1-3,5,7-18H2,(H2,21,22). The van der Waals surface area contributed by atoms with Gasteiger partial charge >= 0.3 is 0 Å². The second kappa shape index (κ2) is 13.7. The Morgan fingerprint density at radius 3 is 1.41 bits per heavy atom. The van der Waals surface area contributed by atoms with Crippen molar-refractivity contribution >= 4 is 5.91 Å². The molecule has 2 N–H and O–H groups in total. The molecule has 22 heavy (non-hydrogen) atoms. The van der Waals surface area contributed by atoms with E-state index < -0.39 is 0 Å². The molecule has 0 bridgehead atoms. The molecule has 1 aliphatic carbocycles. The topological polar surface area (TPSA) is 43.1 Å². The molecule has 0 aromatic heterocycles. The number of carbonyl (C=O) groups excluding carboxylic acids is 1. The van der Waals surface area contributed by atoms with Crippen LogP contribution < -0.4 is 5.73 Å². The molecular weight excluding hydrogens is 270 g/mol. The number of nitrogens with two attached hydrogens (primary N) is 1. The van der Waals surface area contributed by atoms with Crippen molar-refractivity contribution in [1.82, 2.24) is 0 Å². The van der Waals surface area contributed by atoms with E-state index in [1.807, 2.05) is 0 Å². The lowest BCUT2D eigenvalue weighted by molar-refractivity contribution is -0.122. The number of rotatable bonds is 1. The third-order valence-corrected chi connectivity index (χ3v) is 4.74. The lowest BCUT2D eigenvalue weighted by Gasteiger charge is -2.13. The molecule has 0 heterocycles. The van der Waals surface area contributed by atoms with Crippen LogP contribution in [0, 0.1) is 17.8 Å². The monoisotopic (exact) mass is 305 g/mol. The van der Waals surface area contributed by atoms with Gasteiger partial charge in [-0.05, 0) is 25.7 Å². The molecule has 1 atom stereocenters. The van der Waals surface area contributed by atoms with Gasteiger partial charge in [-0.2, -0.15) is 0 Å². The highest BCUT2D eigenvalue weighted by molar-refractivity contribution is 5.76. The molecule has 0 saturated heterocycles. The third kappa shape index (κ3) is 10.7. The Morgan fingerprint density at radius 2 is 1.00 bits per heavy atom. The highest BCUT2D eigenvalue weighted by atomic mass is 16.1. The fourth-order valence-electron chi connectivity index (χ4n) is 3.23. The SMILES string of the molecule is NC(=O)C1CCCCCCC#CCCCCCCCCCC1. The molecule has 1 unspecified atom stereocenters. The fraction of sp³-hybridized carbons (Fsp3) is 0.850. The molecule has 0 fully saturated rings. The molecule has 1 rings (SSSR count). The lowest BCUT2D eigenvalue weighted by atomic mass is 9.93. The van der Waals surface area contributed by atoms with E-state index in [1.165, 1.54) is 70.6 Å². The summed E-state index contributed by atoms with van der Waals surface area (Å²) < 4.78 is 0. The van der Waals surface area contributed by atoms with E-state index in [0.717, 1.165) is 32.1 Å². The summed E-state index contributed by atoms with van der Waals surface area (Å²) in [6.45, 7) is 0. The van der Waals surface area contributed by atoms with Gasteiger partial charge in [0.1, 0.15) is 0 Å². The Morgan fingerprint density at radius 1 is 0.636 bits per heavy atom. The van der Waals surface area contributed by atoms with E-state index in [2.05, 4.69) is 11.8 Å². The van der Waals surface area contributed by atoms with Gasteiger partial charge < -0.3 is 5.73 Å². The Bertz CT molecular complexity index is 339. The summed E-state index contributed by atoms with van der Waals surface area (Å²) in [6, 6.07) is 0. The summed E-state index contributed by atoms with van der Waals surface area (Å²) in [4.78, 5) is 11.5. The summed E-state index contributed by atoms with van der Waals surface area (Å²) in [5.74, 6) is 6.64. The van der Waals surface area contributed by atoms with Crippen molar-refractivity contribution in [1.29, 1.82) is 0 Å². The van der Waals surface area contributed by atoms with Gasteiger partial charge in [-0.3, -0.25) is 4.79 Å². The van der Waals surface area contributed by atoms with Crippen LogP contribution in [-0.2, 0) is 4.79 Å². The average molecular weight is 306 g/mol. The van der Waals surface area contributed by atoms with Gasteiger partial charge in [0.05, 0.1) is 0 Å². The molecule has 0 aliphatic heterocycles. The van der Waals surface area contributed by atoms with Crippen LogP contribution >= 0.6 is 0 Å². The van der Waals surface area contributed by atoms with Crippen LogP contribution in [0.15, 0.2) is 0 Å². The van der Waals surface area contributed by atoms with E-state index >= 15 is 0 Å². The molecular formula is C20H35NO. The highest BCUT2D eigenvalue weighted by Gasteiger charge is 2.14. The number of carbonyl (C=O) groups is 1. The predicted molar refractivity (Wildman–Crippen MR) is 94.3 cm³/mol. The molecule has 0 saturated carbocycles. The van der Waals surface area contributed by atoms with Gasteiger partial charge in [-0.15, -0.1) is 11.8 Å². The maximum atomic E-state index is 11.5. The molecule has 2 nitrogen and oxygen atoms in total. The summed E-state index contributed by atoms with van der Waals surface area (Å²) >= 11 is 0. The van der Waals surface area contributed by atoms with Gasteiger partial charge in [0.15, 0.2) is 0 Å². The summed E-state index contributed by atoms with van der Waals surface area (Å²) in [5.41, 5.74) is 5.55. The van der Waals surface area contributed by atoms with Crippen LogP contribution in [0.1, 0.15) is 103 Å². The highest BCUT2D eigenvalue weighted by Crippen LogP contribution is 2.19. The predicted octanol–water partition coefficient (Wildman–Crippen LogP) is 5.35. The Kier molecular flexibility index (Phi) is 11.9. The van der Waals surface area contributed by atoms with Crippen molar-refractivity contribution in [3.8, 4) is 11.8 Å². The number of hydrogen-bond donors (Lipinski definition) is 1. The largest absolute Gasteiger partial charge is 0.369 e. The second-order valence-corrected chi connectivity index (χ2v) is 6.77. The van der Waals surface area contributed by atoms with Gasteiger partial charge in [0.2, 0.25) is 5.91 Å². The summed E-state index contributed by atoms with van der Waals surface area (Å²) in [7, 11) is 0. The van der Waals surface area contributed by atoms with E-state index in [0.29, 0.717) is 0 Å². The van der Waals surface area contributed by atoms with E-state index in [4.69, 9.17) is 5.73 Å². The average Bonchev–Trinajstić information content (AvgIpc) is 2.50. The maximum Gasteiger partial charge on any atom is 0.220 e. The van der Waals surface area contributed by atoms with Crippen LogP contribution in [0.4, 0.5) is 0 Å². The quantitative estimate of drug-likeness (QED) is 0.652. The minimum absolute atomic E-state index is 0.0863. The van der Waals surface area contributed by atoms with Crippen molar-refractivity contribution < 1.29 is 4.79 Å². The van der Waals surface area contributed by atoms with Crippen LogP contribution in [0.5, 0.6) is 0 Å². The van der Waals surface area contributed by atoms with Crippen molar-refractivity contribution in [2.45, 2.75) is 103 Å². The van der Waals surface area contributed by atoms with E-state index in [9.17, 15) is 4.79 Å². The smallest absolute Gasteiger partial charge is 0.220 e. The van der Waals surface area contributed by atoms with E-state index in [1.54, 1.807) is 0 Å².